The maximum Gasteiger partial charge on any atom is 0.189 e. The first kappa shape index (κ1) is 14.3. The van der Waals surface area contributed by atoms with E-state index in [1.54, 1.807) is 7.11 Å². The Morgan fingerprint density at radius 2 is 1.95 bits per heavy atom. The quantitative estimate of drug-likeness (QED) is 0.688. The Hall–Kier alpha value is -2.13. The summed E-state index contributed by atoms with van der Waals surface area (Å²) in [5.74, 6) is 0.886. The molecule has 1 heterocycles. The van der Waals surface area contributed by atoms with Crippen LogP contribution in [0.2, 0.25) is 0 Å². The van der Waals surface area contributed by atoms with E-state index in [0.29, 0.717) is 6.42 Å². The van der Waals surface area contributed by atoms with Crippen LogP contribution in [-0.4, -0.2) is 12.9 Å². The van der Waals surface area contributed by atoms with Gasteiger partial charge in [0.2, 0.25) is 0 Å². The minimum Gasteiger partial charge on any atom is -1.00 e. The van der Waals surface area contributed by atoms with Gasteiger partial charge in [0.25, 0.3) is 0 Å². The third kappa shape index (κ3) is 2.45. The third-order valence-electron chi connectivity index (χ3n) is 3.34. The number of pyridine rings is 1. The Bertz CT molecular complexity index is 665. The molecule has 4 heteroatoms. The van der Waals surface area contributed by atoms with Gasteiger partial charge in [-0.3, -0.25) is 4.79 Å². The highest BCUT2D eigenvalue weighted by Crippen LogP contribution is 2.33. The molecule has 3 rings (SSSR count). The second kappa shape index (κ2) is 5.88. The fourth-order valence-corrected chi connectivity index (χ4v) is 2.41. The van der Waals surface area contributed by atoms with E-state index in [1.807, 2.05) is 48.8 Å². The van der Waals surface area contributed by atoms with Gasteiger partial charge in [-0.2, -0.15) is 0 Å². The molecular weight excluding hydrogens is 274 g/mol. The first-order chi connectivity index (χ1) is 9.29. The maximum atomic E-state index is 12.3. The number of benzene rings is 1. The van der Waals surface area contributed by atoms with Gasteiger partial charge in [-0.05, 0) is 17.7 Å². The lowest BCUT2D eigenvalue weighted by Gasteiger charge is -2.04. The van der Waals surface area contributed by atoms with E-state index in [-0.39, 0.29) is 18.2 Å². The lowest BCUT2D eigenvalue weighted by Crippen LogP contribution is -3.00. The van der Waals surface area contributed by atoms with Gasteiger partial charge in [-0.1, -0.05) is 12.1 Å². The summed E-state index contributed by atoms with van der Waals surface area (Å²) in [6, 6.07) is 9.50. The number of nitrogens with one attached hydrogen (secondary N) is 1. The van der Waals surface area contributed by atoms with E-state index in [2.05, 4.69) is 4.98 Å². The minimum atomic E-state index is 0. The number of hydrogen-bond acceptors (Lipinski definition) is 2. The van der Waals surface area contributed by atoms with Gasteiger partial charge in [0.05, 0.1) is 7.11 Å². The average Bonchev–Trinajstić information content (AvgIpc) is 2.77. The van der Waals surface area contributed by atoms with Crippen molar-refractivity contribution in [1.29, 1.82) is 0 Å². The predicted molar refractivity (Wildman–Crippen MR) is 72.0 cm³/mol. The van der Waals surface area contributed by atoms with Crippen LogP contribution in [0.3, 0.4) is 0 Å². The molecule has 0 saturated carbocycles. The molecule has 2 aromatic rings. The van der Waals surface area contributed by atoms with Crippen LogP contribution in [0.1, 0.15) is 21.5 Å². The van der Waals surface area contributed by atoms with Crippen LogP contribution in [0.4, 0.5) is 0 Å². The standard InChI is InChI=1S/C16H13NO2.ClH/c1-19-15-4-2-3-13-14(15)10-12(16(13)18)9-11-5-7-17-8-6-11;/h2-9H,10H2,1H3;1H. The van der Waals surface area contributed by atoms with Crippen molar-refractivity contribution in [1.82, 2.24) is 0 Å². The van der Waals surface area contributed by atoms with Gasteiger partial charge < -0.3 is 17.1 Å². The van der Waals surface area contributed by atoms with E-state index in [4.69, 9.17) is 4.74 Å². The van der Waals surface area contributed by atoms with Crippen LogP contribution in [0.25, 0.3) is 6.08 Å². The van der Waals surface area contributed by atoms with Crippen molar-refractivity contribution in [2.75, 3.05) is 7.11 Å². The number of H-pyrrole nitrogens is 1. The number of hydrogen-bond donors (Lipinski definition) is 0. The summed E-state index contributed by atoms with van der Waals surface area (Å²) in [5, 5.41) is 0. The van der Waals surface area contributed by atoms with Crippen LogP contribution in [0.5, 0.6) is 5.75 Å². The molecule has 20 heavy (non-hydrogen) atoms. The van der Waals surface area contributed by atoms with Crippen molar-refractivity contribution < 1.29 is 26.9 Å². The van der Waals surface area contributed by atoms with Gasteiger partial charge in [-0.15, -0.1) is 0 Å². The van der Waals surface area contributed by atoms with Crippen LogP contribution >= 0.6 is 0 Å². The fraction of sp³-hybridized carbons (Fsp3) is 0.125. The van der Waals surface area contributed by atoms with Gasteiger partial charge >= 0.3 is 0 Å². The number of carbonyl (C=O) groups is 1. The van der Waals surface area contributed by atoms with E-state index in [1.165, 1.54) is 0 Å². The smallest absolute Gasteiger partial charge is 0.189 e. The summed E-state index contributed by atoms with van der Waals surface area (Å²) in [6.45, 7) is 0. The Balaban J connectivity index is 0.00000147. The maximum absolute atomic E-state index is 12.3. The fourth-order valence-electron chi connectivity index (χ4n) is 2.41. The monoisotopic (exact) mass is 287 g/mol. The van der Waals surface area contributed by atoms with E-state index < -0.39 is 0 Å². The van der Waals surface area contributed by atoms with Crippen LogP contribution in [0, 0.1) is 0 Å². The van der Waals surface area contributed by atoms with E-state index >= 15 is 0 Å². The largest absolute Gasteiger partial charge is 1.00 e. The molecule has 0 unspecified atom stereocenters. The first-order valence-electron chi connectivity index (χ1n) is 6.17. The Labute approximate surface area is 123 Å². The molecule has 102 valence electrons. The average molecular weight is 288 g/mol. The lowest BCUT2D eigenvalue weighted by molar-refractivity contribution is -0.378. The molecule has 3 nitrogen and oxygen atoms in total. The van der Waals surface area contributed by atoms with Crippen molar-refractivity contribution in [3.05, 3.63) is 65.0 Å². The third-order valence-corrected chi connectivity index (χ3v) is 3.34. The number of fused-ring (bicyclic) bond motifs is 1. The molecule has 0 bridgehead atoms. The number of carbonyl (C=O) groups excluding carboxylic acids is 1. The molecule has 0 atom stereocenters. The molecule has 0 aliphatic heterocycles. The Kier molecular flexibility index (Phi) is 4.20. The van der Waals surface area contributed by atoms with Gasteiger partial charge in [-0.25, -0.2) is 4.98 Å². The number of Topliss-reactive ketones (excluding diaryl/α,β-unsaturated/α-hetero) is 1. The van der Waals surface area contributed by atoms with E-state index in [0.717, 1.165) is 28.0 Å². The number of aromatic nitrogens is 1. The molecule has 0 amide bonds. The van der Waals surface area contributed by atoms with Crippen molar-refractivity contribution in [2.45, 2.75) is 6.42 Å². The normalized spacial score (nSPS) is 14.8. The summed E-state index contributed by atoms with van der Waals surface area (Å²) >= 11 is 0. The molecule has 1 aromatic heterocycles. The number of aromatic amines is 1. The molecule has 1 aliphatic carbocycles. The number of rotatable bonds is 2. The number of allylic oxidation sites excluding steroid dienone is 1. The summed E-state index contributed by atoms with van der Waals surface area (Å²) < 4.78 is 5.32. The second-order valence-corrected chi connectivity index (χ2v) is 4.50. The number of ether oxygens (including phenoxy) is 1. The summed E-state index contributed by atoms with van der Waals surface area (Å²) in [5.41, 5.74) is 3.58. The van der Waals surface area contributed by atoms with Crippen LogP contribution in [0.15, 0.2) is 48.3 Å². The molecule has 1 aliphatic rings. The highest BCUT2D eigenvalue weighted by atomic mass is 35.5. The second-order valence-electron chi connectivity index (χ2n) is 4.50. The molecule has 0 radical (unpaired) electrons. The molecule has 0 spiro atoms. The zero-order valence-corrected chi connectivity index (χ0v) is 11.8. The molecular formula is C16H14ClNO2. The summed E-state index contributed by atoms with van der Waals surface area (Å²) in [7, 11) is 1.63. The topological polar surface area (TPSA) is 40.4 Å². The van der Waals surface area contributed by atoms with Crippen LogP contribution < -0.4 is 22.1 Å². The minimum absolute atomic E-state index is 0. The van der Waals surface area contributed by atoms with Gasteiger partial charge in [0.15, 0.2) is 18.2 Å². The predicted octanol–water partition coefficient (Wildman–Crippen LogP) is -0.664. The van der Waals surface area contributed by atoms with Crippen molar-refractivity contribution in [2.24, 2.45) is 0 Å². The molecule has 1 N–H and O–H groups in total. The lowest BCUT2D eigenvalue weighted by atomic mass is 10.1. The van der Waals surface area contributed by atoms with Gasteiger partial charge in [0.1, 0.15) is 5.75 Å². The highest BCUT2D eigenvalue weighted by molar-refractivity contribution is 6.16. The zero-order chi connectivity index (χ0) is 13.2. The first-order valence-corrected chi connectivity index (χ1v) is 6.17. The molecule has 0 fully saturated rings. The Morgan fingerprint density at radius 1 is 1.20 bits per heavy atom. The zero-order valence-electron chi connectivity index (χ0n) is 11.0. The highest BCUT2D eigenvalue weighted by Gasteiger charge is 2.27. The summed E-state index contributed by atoms with van der Waals surface area (Å²) in [6.07, 6.45) is 6.27. The van der Waals surface area contributed by atoms with Crippen molar-refractivity contribution >= 4 is 11.9 Å². The van der Waals surface area contributed by atoms with E-state index in [9.17, 15) is 4.79 Å². The van der Waals surface area contributed by atoms with Crippen LogP contribution in [-0.2, 0) is 6.42 Å². The number of ketones is 1. The Morgan fingerprint density at radius 3 is 2.65 bits per heavy atom. The number of halogens is 1. The van der Waals surface area contributed by atoms with Crippen molar-refractivity contribution in [3.63, 3.8) is 0 Å². The van der Waals surface area contributed by atoms with Crippen molar-refractivity contribution in [3.8, 4) is 5.75 Å². The molecule has 0 saturated heterocycles. The molecule has 1 aromatic carbocycles. The van der Waals surface area contributed by atoms with Gasteiger partial charge in [0, 0.05) is 35.3 Å². The summed E-state index contributed by atoms with van der Waals surface area (Å²) in [4.78, 5) is 15.3. The number of methoxy groups -OCH3 is 1. The SMILES string of the molecule is COc1cccc2c1CC(=Cc1cc[nH+]cc1)C2=O.[Cl-].